The third-order valence-corrected chi connectivity index (χ3v) is 4.44. The van der Waals surface area contributed by atoms with Gasteiger partial charge in [0.05, 0.1) is 23.3 Å². The highest BCUT2D eigenvalue weighted by atomic mass is 19.4. The number of hydrogen-bond acceptors (Lipinski definition) is 4. The number of nitrogens with zero attached hydrogens (tertiary/aromatic N) is 2. The summed E-state index contributed by atoms with van der Waals surface area (Å²) in [4.78, 5) is 3.94. The van der Waals surface area contributed by atoms with Crippen LogP contribution in [0.2, 0.25) is 0 Å². The van der Waals surface area contributed by atoms with Gasteiger partial charge in [-0.05, 0) is 56.0 Å². The molecule has 0 atom stereocenters. The van der Waals surface area contributed by atoms with Crippen molar-refractivity contribution in [1.82, 2.24) is 4.98 Å². The van der Waals surface area contributed by atoms with E-state index in [-0.39, 0.29) is 17.7 Å². The Balaban J connectivity index is 1.59. The number of halogens is 3. The van der Waals surface area contributed by atoms with Gasteiger partial charge in [-0.1, -0.05) is 0 Å². The van der Waals surface area contributed by atoms with E-state index in [2.05, 4.69) is 10.3 Å². The zero-order valence-electron chi connectivity index (χ0n) is 14.0. The first-order valence-electron chi connectivity index (χ1n) is 8.40. The van der Waals surface area contributed by atoms with Crippen LogP contribution in [0.15, 0.2) is 42.7 Å². The lowest BCUT2D eigenvalue weighted by Gasteiger charge is -2.30. The lowest BCUT2D eigenvalue weighted by atomic mass is 9.92. The van der Waals surface area contributed by atoms with Gasteiger partial charge in [0.1, 0.15) is 5.75 Å². The molecule has 3 rings (SSSR count). The zero-order valence-corrected chi connectivity index (χ0v) is 14.0. The first kappa shape index (κ1) is 18.1. The van der Waals surface area contributed by atoms with Crippen LogP contribution in [0, 0.1) is 11.3 Å². The largest absolute Gasteiger partial charge is 0.490 e. The van der Waals surface area contributed by atoms with E-state index in [9.17, 15) is 13.2 Å². The number of pyridine rings is 1. The molecule has 0 radical (unpaired) electrons. The maximum atomic E-state index is 13.1. The lowest BCUT2D eigenvalue weighted by Crippen LogP contribution is -2.31. The minimum absolute atomic E-state index is 0.0845. The fraction of sp³-hybridized carbons (Fsp3) is 0.368. The Morgan fingerprint density at radius 2 is 1.77 bits per heavy atom. The minimum atomic E-state index is -4.54. The van der Waals surface area contributed by atoms with E-state index in [4.69, 9.17) is 10.00 Å². The highest BCUT2D eigenvalue weighted by Gasteiger charge is 2.34. The second-order valence-electron chi connectivity index (χ2n) is 6.29. The molecule has 1 heterocycles. The first-order valence-corrected chi connectivity index (χ1v) is 8.40. The first-order chi connectivity index (χ1) is 12.5. The molecule has 0 spiro atoms. The van der Waals surface area contributed by atoms with Crippen molar-refractivity contribution in [2.45, 2.75) is 44.0 Å². The molecule has 2 aromatic rings. The molecular formula is C19H18F3N3O. The molecule has 1 N–H and O–H groups in total. The number of rotatable bonds is 4. The number of ether oxygens (including phenoxy) is 1. The van der Waals surface area contributed by atoms with Gasteiger partial charge in [-0.3, -0.25) is 4.98 Å². The number of nitrogens with one attached hydrogen (secondary N) is 1. The summed E-state index contributed by atoms with van der Waals surface area (Å²) < 4.78 is 45.1. The van der Waals surface area contributed by atoms with Gasteiger partial charge < -0.3 is 10.1 Å². The molecule has 0 unspecified atom stereocenters. The maximum Gasteiger partial charge on any atom is 0.417 e. The molecule has 26 heavy (non-hydrogen) atoms. The van der Waals surface area contributed by atoms with Crippen molar-refractivity contribution in [2.24, 2.45) is 0 Å². The van der Waals surface area contributed by atoms with E-state index < -0.39 is 11.7 Å². The molecule has 1 saturated carbocycles. The third-order valence-electron chi connectivity index (χ3n) is 4.44. The summed E-state index contributed by atoms with van der Waals surface area (Å²) in [7, 11) is 0. The summed E-state index contributed by atoms with van der Waals surface area (Å²) in [6.07, 6.45) is 2.15. The smallest absolute Gasteiger partial charge is 0.417 e. The number of aromatic nitrogens is 1. The molecule has 1 aromatic carbocycles. The van der Waals surface area contributed by atoms with Crippen molar-refractivity contribution >= 4 is 5.69 Å². The highest BCUT2D eigenvalue weighted by molar-refractivity contribution is 5.53. The molecule has 7 heteroatoms. The molecule has 1 aliphatic rings. The molecule has 0 aliphatic heterocycles. The summed E-state index contributed by atoms with van der Waals surface area (Å²) >= 11 is 0. The van der Waals surface area contributed by atoms with Crippen LogP contribution in [0.25, 0.3) is 0 Å². The van der Waals surface area contributed by atoms with Crippen molar-refractivity contribution in [3.8, 4) is 11.8 Å². The predicted molar refractivity (Wildman–Crippen MR) is 90.7 cm³/mol. The van der Waals surface area contributed by atoms with E-state index in [1.54, 1.807) is 30.6 Å². The van der Waals surface area contributed by atoms with Gasteiger partial charge in [0.15, 0.2) is 0 Å². The van der Waals surface area contributed by atoms with Crippen molar-refractivity contribution in [1.29, 1.82) is 5.26 Å². The summed E-state index contributed by atoms with van der Waals surface area (Å²) in [6.45, 7) is 0. The quantitative estimate of drug-likeness (QED) is 0.852. The Labute approximate surface area is 149 Å². The number of anilines is 1. The fourth-order valence-electron chi connectivity index (χ4n) is 3.14. The Morgan fingerprint density at radius 3 is 2.38 bits per heavy atom. The molecule has 136 valence electrons. The second-order valence-corrected chi connectivity index (χ2v) is 6.29. The molecular weight excluding hydrogens is 343 g/mol. The van der Waals surface area contributed by atoms with Crippen molar-refractivity contribution < 1.29 is 17.9 Å². The van der Waals surface area contributed by atoms with Crippen LogP contribution in [0.5, 0.6) is 5.75 Å². The zero-order chi connectivity index (χ0) is 18.6. The van der Waals surface area contributed by atoms with Crippen molar-refractivity contribution in [3.63, 3.8) is 0 Å². The average Bonchev–Trinajstić information content (AvgIpc) is 2.63. The van der Waals surface area contributed by atoms with Gasteiger partial charge in [0.25, 0.3) is 0 Å². The molecule has 1 aromatic heterocycles. The van der Waals surface area contributed by atoms with E-state index in [1.807, 2.05) is 0 Å². The van der Waals surface area contributed by atoms with Gasteiger partial charge in [-0.15, -0.1) is 0 Å². The summed E-state index contributed by atoms with van der Waals surface area (Å²) in [5, 5.41) is 12.0. The monoisotopic (exact) mass is 361 g/mol. The van der Waals surface area contributed by atoms with Crippen LogP contribution in [0.1, 0.15) is 36.8 Å². The Kier molecular flexibility index (Phi) is 5.31. The molecule has 4 nitrogen and oxygen atoms in total. The normalized spacial score (nSPS) is 20.2. The van der Waals surface area contributed by atoms with Crippen LogP contribution < -0.4 is 10.1 Å². The number of hydrogen-bond donors (Lipinski definition) is 1. The number of nitriles is 1. The SMILES string of the molecule is N#Cc1ccc(NC2CCC(Oc3ccncc3)CC2)cc1C(F)(F)F. The van der Waals surface area contributed by atoms with Gasteiger partial charge in [-0.2, -0.15) is 18.4 Å². The Bertz CT molecular complexity index is 779. The fourth-order valence-corrected chi connectivity index (χ4v) is 3.14. The van der Waals surface area contributed by atoms with E-state index in [0.29, 0.717) is 5.69 Å². The highest BCUT2D eigenvalue weighted by Crippen LogP contribution is 2.34. The van der Waals surface area contributed by atoms with Gasteiger partial charge in [-0.25, -0.2) is 0 Å². The van der Waals surface area contributed by atoms with E-state index in [0.717, 1.165) is 37.5 Å². The topological polar surface area (TPSA) is 57.9 Å². The van der Waals surface area contributed by atoms with E-state index in [1.165, 1.54) is 12.1 Å². The third kappa shape index (κ3) is 4.45. The average molecular weight is 361 g/mol. The molecule has 0 saturated heterocycles. The standard InChI is InChI=1S/C19H18F3N3O/c20-19(21,22)18-11-15(2-1-13(18)12-23)25-14-3-5-16(6-4-14)26-17-7-9-24-10-8-17/h1-2,7-11,14,16,25H,3-6H2. The summed E-state index contributed by atoms with van der Waals surface area (Å²) in [5.74, 6) is 0.776. The Morgan fingerprint density at radius 1 is 1.08 bits per heavy atom. The van der Waals surface area contributed by atoms with Crippen molar-refractivity contribution in [2.75, 3.05) is 5.32 Å². The summed E-state index contributed by atoms with van der Waals surface area (Å²) in [6, 6.07) is 9.03. The molecule has 0 amide bonds. The van der Waals surface area contributed by atoms with Crippen molar-refractivity contribution in [3.05, 3.63) is 53.9 Å². The predicted octanol–water partition coefficient (Wildman–Crippen LogP) is 4.77. The molecule has 0 bridgehead atoms. The van der Waals surface area contributed by atoms with Crippen LogP contribution in [0.3, 0.4) is 0 Å². The minimum Gasteiger partial charge on any atom is -0.490 e. The number of benzene rings is 1. The lowest BCUT2D eigenvalue weighted by molar-refractivity contribution is -0.137. The van der Waals surface area contributed by atoms with Crippen LogP contribution in [-0.2, 0) is 6.18 Å². The van der Waals surface area contributed by atoms with E-state index >= 15 is 0 Å². The maximum absolute atomic E-state index is 13.1. The van der Waals surface area contributed by atoms with Crippen LogP contribution >= 0.6 is 0 Å². The van der Waals surface area contributed by atoms with Gasteiger partial charge in [0.2, 0.25) is 0 Å². The van der Waals surface area contributed by atoms with Crippen LogP contribution in [0.4, 0.5) is 18.9 Å². The summed E-state index contributed by atoms with van der Waals surface area (Å²) in [5.41, 5.74) is -0.882. The second kappa shape index (κ2) is 7.65. The van der Waals surface area contributed by atoms with Gasteiger partial charge >= 0.3 is 6.18 Å². The Hall–Kier alpha value is -2.75. The number of alkyl halides is 3. The molecule has 1 fully saturated rings. The van der Waals surface area contributed by atoms with Gasteiger partial charge in [0, 0.05) is 24.1 Å². The van der Waals surface area contributed by atoms with Crippen LogP contribution in [-0.4, -0.2) is 17.1 Å². The molecule has 1 aliphatic carbocycles.